The molecular formula is C16H16BrN3O3. The van der Waals surface area contributed by atoms with Crippen LogP contribution in [-0.2, 0) is 4.74 Å². The summed E-state index contributed by atoms with van der Waals surface area (Å²) in [6.07, 6.45) is 0. The molecule has 0 saturated carbocycles. The number of hydrogen-bond donors (Lipinski definition) is 2. The molecule has 23 heavy (non-hydrogen) atoms. The Kier molecular flexibility index (Phi) is 6.25. The molecule has 7 heteroatoms. The molecule has 0 atom stereocenters. The van der Waals surface area contributed by atoms with Crippen LogP contribution in [-0.4, -0.2) is 37.1 Å². The van der Waals surface area contributed by atoms with E-state index in [1.807, 2.05) is 18.2 Å². The van der Waals surface area contributed by atoms with Gasteiger partial charge in [-0.15, -0.1) is 0 Å². The van der Waals surface area contributed by atoms with Crippen LogP contribution in [0.25, 0.3) is 0 Å². The lowest BCUT2D eigenvalue weighted by Gasteiger charge is -2.08. The van der Waals surface area contributed by atoms with Crippen LogP contribution in [0.3, 0.4) is 0 Å². The molecule has 0 unspecified atom stereocenters. The van der Waals surface area contributed by atoms with Gasteiger partial charge in [-0.3, -0.25) is 9.59 Å². The molecule has 120 valence electrons. The molecule has 0 aliphatic heterocycles. The molecule has 1 aromatic heterocycles. The number of benzene rings is 1. The fraction of sp³-hybridized carbons (Fsp3) is 0.188. The van der Waals surface area contributed by atoms with E-state index in [-0.39, 0.29) is 23.2 Å². The Bertz CT molecular complexity index is 706. The number of anilines is 1. The van der Waals surface area contributed by atoms with E-state index in [0.717, 1.165) is 4.47 Å². The molecule has 2 rings (SSSR count). The SMILES string of the molecule is COCCNC(=O)c1cccc(C(=O)Nc2ccccc2Br)n1. The van der Waals surface area contributed by atoms with Crippen LogP contribution in [0.4, 0.5) is 5.69 Å². The van der Waals surface area contributed by atoms with Crippen molar-refractivity contribution in [3.8, 4) is 0 Å². The first-order chi connectivity index (χ1) is 11.1. The Morgan fingerprint density at radius 1 is 1.09 bits per heavy atom. The van der Waals surface area contributed by atoms with E-state index in [4.69, 9.17) is 4.74 Å². The monoisotopic (exact) mass is 377 g/mol. The largest absolute Gasteiger partial charge is 0.383 e. The van der Waals surface area contributed by atoms with Gasteiger partial charge in [-0.25, -0.2) is 4.98 Å². The van der Waals surface area contributed by atoms with E-state index in [2.05, 4.69) is 31.5 Å². The fourth-order valence-corrected chi connectivity index (χ4v) is 2.18. The third kappa shape index (κ3) is 4.87. The van der Waals surface area contributed by atoms with Crippen molar-refractivity contribution in [3.05, 3.63) is 58.3 Å². The molecule has 0 radical (unpaired) electrons. The summed E-state index contributed by atoms with van der Waals surface area (Å²) in [4.78, 5) is 28.3. The number of nitrogens with zero attached hydrogens (tertiary/aromatic N) is 1. The summed E-state index contributed by atoms with van der Waals surface area (Å²) in [5, 5.41) is 5.40. The summed E-state index contributed by atoms with van der Waals surface area (Å²) in [5.41, 5.74) is 0.982. The zero-order valence-electron chi connectivity index (χ0n) is 12.5. The molecule has 0 aliphatic rings. The van der Waals surface area contributed by atoms with Crippen LogP contribution in [0.5, 0.6) is 0 Å². The molecule has 0 bridgehead atoms. The number of carbonyl (C=O) groups excluding carboxylic acids is 2. The maximum absolute atomic E-state index is 12.3. The van der Waals surface area contributed by atoms with Crippen LogP contribution in [0.1, 0.15) is 21.0 Å². The quantitative estimate of drug-likeness (QED) is 0.757. The van der Waals surface area contributed by atoms with Gasteiger partial charge in [-0.05, 0) is 40.2 Å². The van der Waals surface area contributed by atoms with E-state index >= 15 is 0 Å². The van der Waals surface area contributed by atoms with Crippen LogP contribution in [0, 0.1) is 0 Å². The Morgan fingerprint density at radius 3 is 2.48 bits per heavy atom. The first-order valence-electron chi connectivity index (χ1n) is 6.92. The second kappa shape index (κ2) is 8.40. The summed E-state index contributed by atoms with van der Waals surface area (Å²) in [7, 11) is 1.55. The van der Waals surface area contributed by atoms with Crippen molar-refractivity contribution in [3.63, 3.8) is 0 Å². The predicted octanol–water partition coefficient (Wildman–Crippen LogP) is 2.47. The second-order valence-corrected chi connectivity index (χ2v) is 5.45. The van der Waals surface area contributed by atoms with Gasteiger partial charge in [0.15, 0.2) is 0 Å². The summed E-state index contributed by atoms with van der Waals surface area (Å²) >= 11 is 3.36. The topological polar surface area (TPSA) is 80.3 Å². The van der Waals surface area contributed by atoms with Gasteiger partial charge in [0.05, 0.1) is 12.3 Å². The van der Waals surface area contributed by atoms with Crippen molar-refractivity contribution < 1.29 is 14.3 Å². The Morgan fingerprint density at radius 2 is 1.78 bits per heavy atom. The molecule has 0 spiro atoms. The zero-order valence-corrected chi connectivity index (χ0v) is 14.1. The number of methoxy groups -OCH3 is 1. The number of nitrogens with one attached hydrogen (secondary N) is 2. The predicted molar refractivity (Wildman–Crippen MR) is 90.5 cm³/mol. The third-order valence-corrected chi connectivity index (χ3v) is 3.62. The minimum Gasteiger partial charge on any atom is -0.383 e. The second-order valence-electron chi connectivity index (χ2n) is 4.59. The average molecular weight is 378 g/mol. The lowest BCUT2D eigenvalue weighted by molar-refractivity contribution is 0.0932. The van der Waals surface area contributed by atoms with Crippen LogP contribution >= 0.6 is 15.9 Å². The third-order valence-electron chi connectivity index (χ3n) is 2.93. The molecule has 0 aliphatic carbocycles. The smallest absolute Gasteiger partial charge is 0.274 e. The van der Waals surface area contributed by atoms with Gasteiger partial charge >= 0.3 is 0 Å². The lowest BCUT2D eigenvalue weighted by atomic mass is 10.2. The van der Waals surface area contributed by atoms with Gasteiger partial charge in [-0.1, -0.05) is 18.2 Å². The minimum atomic E-state index is -0.386. The van der Waals surface area contributed by atoms with Crippen molar-refractivity contribution in [2.45, 2.75) is 0 Å². The van der Waals surface area contributed by atoms with E-state index < -0.39 is 0 Å². The Labute approximate surface area is 142 Å². The highest BCUT2D eigenvalue weighted by molar-refractivity contribution is 9.10. The molecular weight excluding hydrogens is 362 g/mol. The number of amides is 2. The number of ether oxygens (including phenoxy) is 1. The number of rotatable bonds is 6. The molecule has 0 saturated heterocycles. The van der Waals surface area contributed by atoms with Crippen LogP contribution in [0.2, 0.25) is 0 Å². The van der Waals surface area contributed by atoms with E-state index in [1.54, 1.807) is 31.4 Å². The normalized spacial score (nSPS) is 10.2. The first kappa shape index (κ1) is 17.1. The van der Waals surface area contributed by atoms with E-state index in [9.17, 15) is 9.59 Å². The van der Waals surface area contributed by atoms with Gasteiger partial charge in [0.25, 0.3) is 11.8 Å². The molecule has 0 fully saturated rings. The van der Waals surface area contributed by atoms with Gasteiger partial charge in [0.1, 0.15) is 11.4 Å². The van der Waals surface area contributed by atoms with Crippen molar-refractivity contribution in [2.24, 2.45) is 0 Å². The highest BCUT2D eigenvalue weighted by Gasteiger charge is 2.13. The summed E-state index contributed by atoms with van der Waals surface area (Å²) in [6.45, 7) is 0.790. The van der Waals surface area contributed by atoms with Gasteiger partial charge in [-0.2, -0.15) is 0 Å². The van der Waals surface area contributed by atoms with Crippen molar-refractivity contribution in [1.82, 2.24) is 10.3 Å². The Hall–Kier alpha value is -2.25. The first-order valence-corrected chi connectivity index (χ1v) is 7.71. The number of pyridine rings is 1. The number of para-hydroxylation sites is 1. The van der Waals surface area contributed by atoms with Gasteiger partial charge in [0, 0.05) is 18.1 Å². The molecule has 2 amide bonds. The fourth-order valence-electron chi connectivity index (χ4n) is 1.79. The Balaban J connectivity index is 2.08. The minimum absolute atomic E-state index is 0.167. The van der Waals surface area contributed by atoms with Crippen molar-refractivity contribution in [2.75, 3.05) is 25.6 Å². The number of aromatic nitrogens is 1. The van der Waals surface area contributed by atoms with Crippen LogP contribution < -0.4 is 10.6 Å². The summed E-state index contributed by atoms with van der Waals surface area (Å²) in [5.74, 6) is -0.735. The summed E-state index contributed by atoms with van der Waals surface area (Å²) in [6, 6.07) is 12.0. The summed E-state index contributed by atoms with van der Waals surface area (Å²) < 4.78 is 5.63. The van der Waals surface area contributed by atoms with Gasteiger partial charge in [0.2, 0.25) is 0 Å². The maximum Gasteiger partial charge on any atom is 0.274 e. The molecule has 2 aromatic rings. The maximum atomic E-state index is 12.3. The highest BCUT2D eigenvalue weighted by atomic mass is 79.9. The van der Waals surface area contributed by atoms with Gasteiger partial charge < -0.3 is 15.4 Å². The standard InChI is InChI=1S/C16H16BrN3O3/c1-23-10-9-18-15(21)13-7-4-8-14(19-13)16(22)20-12-6-3-2-5-11(12)17/h2-8H,9-10H2,1H3,(H,18,21)(H,20,22). The number of halogens is 1. The average Bonchev–Trinajstić information content (AvgIpc) is 2.57. The zero-order chi connectivity index (χ0) is 16.7. The van der Waals surface area contributed by atoms with E-state index in [1.165, 1.54) is 0 Å². The molecule has 1 heterocycles. The highest BCUT2D eigenvalue weighted by Crippen LogP contribution is 2.21. The van der Waals surface area contributed by atoms with Crippen molar-refractivity contribution >= 4 is 33.4 Å². The lowest BCUT2D eigenvalue weighted by Crippen LogP contribution is -2.28. The molecule has 2 N–H and O–H groups in total. The number of hydrogen-bond acceptors (Lipinski definition) is 4. The van der Waals surface area contributed by atoms with Crippen molar-refractivity contribution in [1.29, 1.82) is 0 Å². The molecule has 6 nitrogen and oxygen atoms in total. The number of carbonyl (C=O) groups is 2. The van der Waals surface area contributed by atoms with Crippen LogP contribution in [0.15, 0.2) is 46.9 Å². The van der Waals surface area contributed by atoms with E-state index in [0.29, 0.717) is 18.8 Å². The molecule has 1 aromatic carbocycles.